The molecule has 0 saturated carbocycles. The molecule has 0 bridgehead atoms. The second-order valence-corrected chi connectivity index (χ2v) is 6.48. The molecule has 0 amide bonds. The van der Waals surface area contributed by atoms with E-state index in [1.807, 2.05) is 30.5 Å². The van der Waals surface area contributed by atoms with Gasteiger partial charge in [0.15, 0.2) is 0 Å². The Morgan fingerprint density at radius 3 is 2.36 bits per heavy atom. The first kappa shape index (κ1) is 15.6. The summed E-state index contributed by atoms with van der Waals surface area (Å²) in [6.45, 7) is 5.93. The van der Waals surface area contributed by atoms with Crippen molar-refractivity contribution < 1.29 is 4.39 Å². The molecule has 1 aliphatic heterocycles. The Kier molecular flexibility index (Phi) is 5.18. The van der Waals surface area contributed by atoms with Crippen molar-refractivity contribution in [2.75, 3.05) is 26.2 Å². The van der Waals surface area contributed by atoms with Crippen LogP contribution >= 0.6 is 15.9 Å². The minimum atomic E-state index is -0.205. The second-order valence-electron chi connectivity index (χ2n) is 5.62. The van der Waals surface area contributed by atoms with E-state index in [1.165, 1.54) is 6.07 Å². The Labute approximate surface area is 138 Å². The highest BCUT2D eigenvalue weighted by Gasteiger charge is 2.17. The lowest BCUT2D eigenvalue weighted by Gasteiger charge is -2.34. The molecule has 0 radical (unpaired) electrons. The fourth-order valence-electron chi connectivity index (χ4n) is 2.72. The van der Waals surface area contributed by atoms with Crippen LogP contribution in [0.25, 0.3) is 0 Å². The summed E-state index contributed by atoms with van der Waals surface area (Å²) in [6.07, 6.45) is 1.85. The maximum atomic E-state index is 13.3. The molecule has 2 heterocycles. The van der Waals surface area contributed by atoms with E-state index in [-0.39, 0.29) is 5.82 Å². The number of hydrogen-bond acceptors (Lipinski definition) is 3. The fourth-order valence-corrected chi connectivity index (χ4v) is 3.15. The molecule has 1 fully saturated rings. The van der Waals surface area contributed by atoms with Crippen molar-refractivity contribution >= 4 is 15.9 Å². The highest BCUT2D eigenvalue weighted by Crippen LogP contribution is 2.18. The molecular formula is C17H19BrFN3. The van der Waals surface area contributed by atoms with Gasteiger partial charge in [0.1, 0.15) is 5.82 Å². The van der Waals surface area contributed by atoms with Gasteiger partial charge in [-0.1, -0.05) is 12.1 Å². The van der Waals surface area contributed by atoms with Gasteiger partial charge in [-0.15, -0.1) is 0 Å². The van der Waals surface area contributed by atoms with Crippen LogP contribution in [0.2, 0.25) is 0 Å². The summed E-state index contributed by atoms with van der Waals surface area (Å²) in [4.78, 5) is 9.22. The van der Waals surface area contributed by atoms with Crippen LogP contribution in [0.5, 0.6) is 0 Å². The Morgan fingerprint density at radius 2 is 1.73 bits per heavy atom. The minimum Gasteiger partial charge on any atom is -0.297 e. The number of halogens is 2. The van der Waals surface area contributed by atoms with Crippen molar-refractivity contribution in [2.45, 2.75) is 13.1 Å². The van der Waals surface area contributed by atoms with Gasteiger partial charge in [-0.3, -0.25) is 14.8 Å². The molecule has 1 aromatic heterocycles. The molecule has 0 aliphatic carbocycles. The van der Waals surface area contributed by atoms with Crippen LogP contribution in [0.4, 0.5) is 4.39 Å². The zero-order chi connectivity index (χ0) is 15.4. The molecule has 0 N–H and O–H groups in total. The first-order valence-electron chi connectivity index (χ1n) is 7.49. The van der Waals surface area contributed by atoms with Gasteiger partial charge < -0.3 is 0 Å². The number of piperazine rings is 1. The SMILES string of the molecule is Fc1ccc(CN2CCN(Cc3ccccn3)CC2)cc1Br. The summed E-state index contributed by atoms with van der Waals surface area (Å²) in [5.74, 6) is -0.205. The van der Waals surface area contributed by atoms with Crippen molar-refractivity contribution in [2.24, 2.45) is 0 Å². The fraction of sp³-hybridized carbons (Fsp3) is 0.353. The molecule has 1 aliphatic rings. The quantitative estimate of drug-likeness (QED) is 0.830. The molecule has 1 aromatic carbocycles. The minimum absolute atomic E-state index is 0.205. The van der Waals surface area contributed by atoms with Gasteiger partial charge >= 0.3 is 0 Å². The number of hydrogen-bond donors (Lipinski definition) is 0. The third-order valence-electron chi connectivity index (χ3n) is 3.97. The van der Waals surface area contributed by atoms with Crippen LogP contribution in [0.3, 0.4) is 0 Å². The van der Waals surface area contributed by atoms with E-state index < -0.39 is 0 Å². The second kappa shape index (κ2) is 7.31. The van der Waals surface area contributed by atoms with Crippen molar-refractivity contribution in [1.82, 2.24) is 14.8 Å². The average Bonchev–Trinajstić information content (AvgIpc) is 2.54. The Bertz CT molecular complexity index is 613. The lowest BCUT2D eigenvalue weighted by molar-refractivity contribution is 0.121. The number of pyridine rings is 1. The van der Waals surface area contributed by atoms with Crippen LogP contribution < -0.4 is 0 Å². The summed E-state index contributed by atoms with van der Waals surface area (Å²) < 4.78 is 13.8. The maximum Gasteiger partial charge on any atom is 0.137 e. The molecule has 0 spiro atoms. The summed E-state index contributed by atoms with van der Waals surface area (Å²) in [5.41, 5.74) is 2.27. The van der Waals surface area contributed by atoms with Crippen molar-refractivity contribution in [3.8, 4) is 0 Å². The topological polar surface area (TPSA) is 19.4 Å². The van der Waals surface area contributed by atoms with Gasteiger partial charge in [0, 0.05) is 45.5 Å². The van der Waals surface area contributed by atoms with Crippen molar-refractivity contribution in [3.05, 3.63) is 64.1 Å². The van der Waals surface area contributed by atoms with Gasteiger partial charge in [-0.2, -0.15) is 0 Å². The number of aromatic nitrogens is 1. The van der Waals surface area contributed by atoms with E-state index in [9.17, 15) is 4.39 Å². The molecule has 22 heavy (non-hydrogen) atoms. The van der Waals surface area contributed by atoms with Crippen LogP contribution in [0.1, 0.15) is 11.3 Å². The summed E-state index contributed by atoms with van der Waals surface area (Å²) >= 11 is 3.25. The zero-order valence-electron chi connectivity index (χ0n) is 12.4. The van der Waals surface area contributed by atoms with E-state index in [0.29, 0.717) is 4.47 Å². The first-order valence-corrected chi connectivity index (χ1v) is 8.28. The first-order chi connectivity index (χ1) is 10.7. The summed E-state index contributed by atoms with van der Waals surface area (Å²) in [5, 5.41) is 0. The normalized spacial score (nSPS) is 16.8. The highest BCUT2D eigenvalue weighted by atomic mass is 79.9. The lowest BCUT2D eigenvalue weighted by atomic mass is 10.2. The van der Waals surface area contributed by atoms with Crippen LogP contribution in [0.15, 0.2) is 47.1 Å². The van der Waals surface area contributed by atoms with Crippen LogP contribution in [0, 0.1) is 5.82 Å². The maximum absolute atomic E-state index is 13.3. The Balaban J connectivity index is 1.50. The highest BCUT2D eigenvalue weighted by molar-refractivity contribution is 9.10. The molecule has 3 nitrogen and oxygen atoms in total. The van der Waals surface area contributed by atoms with E-state index in [0.717, 1.165) is 50.5 Å². The largest absolute Gasteiger partial charge is 0.297 e. The van der Waals surface area contributed by atoms with Gasteiger partial charge in [0.05, 0.1) is 10.2 Å². The van der Waals surface area contributed by atoms with Crippen molar-refractivity contribution in [3.63, 3.8) is 0 Å². The van der Waals surface area contributed by atoms with Gasteiger partial charge in [-0.05, 0) is 45.8 Å². The summed E-state index contributed by atoms with van der Waals surface area (Å²) in [7, 11) is 0. The van der Waals surface area contributed by atoms with Gasteiger partial charge in [0.25, 0.3) is 0 Å². The monoisotopic (exact) mass is 363 g/mol. The van der Waals surface area contributed by atoms with Crippen LogP contribution in [-0.4, -0.2) is 41.0 Å². The zero-order valence-corrected chi connectivity index (χ0v) is 14.0. The van der Waals surface area contributed by atoms with Crippen LogP contribution in [-0.2, 0) is 13.1 Å². The molecule has 3 rings (SSSR count). The third kappa shape index (κ3) is 4.12. The van der Waals surface area contributed by atoms with Gasteiger partial charge in [-0.25, -0.2) is 4.39 Å². The molecule has 116 valence electrons. The molecule has 5 heteroatoms. The number of benzene rings is 1. The number of rotatable bonds is 4. The van der Waals surface area contributed by atoms with E-state index >= 15 is 0 Å². The van der Waals surface area contributed by atoms with E-state index in [2.05, 4.69) is 36.8 Å². The molecule has 2 aromatic rings. The molecule has 0 unspecified atom stereocenters. The summed E-state index contributed by atoms with van der Waals surface area (Å²) in [6, 6.07) is 11.3. The smallest absolute Gasteiger partial charge is 0.137 e. The standard InChI is InChI=1S/C17H19BrFN3/c18-16-11-14(4-5-17(16)19)12-21-7-9-22(10-8-21)13-15-3-1-2-6-20-15/h1-6,11H,7-10,12-13H2. The van der Waals surface area contributed by atoms with Gasteiger partial charge in [0.2, 0.25) is 0 Å². The molecule has 1 saturated heterocycles. The third-order valence-corrected chi connectivity index (χ3v) is 4.57. The average molecular weight is 364 g/mol. The van der Waals surface area contributed by atoms with Crippen molar-refractivity contribution in [1.29, 1.82) is 0 Å². The number of nitrogens with zero attached hydrogens (tertiary/aromatic N) is 3. The molecule has 0 atom stereocenters. The lowest BCUT2D eigenvalue weighted by Crippen LogP contribution is -2.45. The predicted molar refractivity (Wildman–Crippen MR) is 88.9 cm³/mol. The van der Waals surface area contributed by atoms with E-state index in [1.54, 1.807) is 0 Å². The molecular weight excluding hydrogens is 345 g/mol. The predicted octanol–water partition coefficient (Wildman–Crippen LogP) is 3.30. The Hall–Kier alpha value is -1.30. The van der Waals surface area contributed by atoms with E-state index in [4.69, 9.17) is 0 Å². The Morgan fingerprint density at radius 1 is 1.00 bits per heavy atom.